The quantitative estimate of drug-likeness (QED) is 0.800. The van der Waals surface area contributed by atoms with Crippen molar-refractivity contribution in [2.75, 3.05) is 26.2 Å². The molecule has 1 fully saturated rings. The summed E-state index contributed by atoms with van der Waals surface area (Å²) in [5.74, 6) is 0.140. The number of amides is 1. The number of hydrogen-bond acceptors (Lipinski definition) is 5. The van der Waals surface area contributed by atoms with Crippen LogP contribution in [0, 0.1) is 4.77 Å². The average molecular weight is 337 g/mol. The number of nitrogens with zero attached hydrogens (tertiary/aromatic N) is 5. The lowest BCUT2D eigenvalue weighted by Gasteiger charge is -2.34. The molecule has 1 aliphatic heterocycles. The number of hydrogen-bond donors (Lipinski definition) is 0. The van der Waals surface area contributed by atoms with Gasteiger partial charge in [0.15, 0.2) is 4.77 Å². The van der Waals surface area contributed by atoms with E-state index < -0.39 is 0 Å². The van der Waals surface area contributed by atoms with Crippen LogP contribution in [-0.2, 0) is 13.2 Å². The third kappa shape index (κ3) is 3.13. The summed E-state index contributed by atoms with van der Waals surface area (Å²) < 4.78 is 4.54. The van der Waals surface area contributed by atoms with Crippen LogP contribution in [0.15, 0.2) is 23.8 Å². The Morgan fingerprint density at radius 2 is 2.14 bits per heavy atom. The number of aryl methyl sites for hydroxylation is 1. The predicted octanol–water partition coefficient (Wildman–Crippen LogP) is 1.91. The minimum Gasteiger partial charge on any atom is -0.335 e. The van der Waals surface area contributed by atoms with E-state index >= 15 is 0 Å². The molecule has 0 aromatic carbocycles. The summed E-state index contributed by atoms with van der Waals surface area (Å²) in [6.45, 7) is 6.76. The summed E-state index contributed by atoms with van der Waals surface area (Å²) in [6, 6.07) is 3.80. The highest BCUT2D eigenvalue weighted by Gasteiger charge is 2.23. The SMILES string of the molecule is CCn1cnn(CN2CCN(C(=O)c3cccs3)CC2)c1=S. The molecule has 1 aliphatic rings. The van der Waals surface area contributed by atoms with Gasteiger partial charge in [0.05, 0.1) is 11.5 Å². The third-order valence-corrected chi connectivity index (χ3v) is 5.17. The first-order chi connectivity index (χ1) is 10.7. The fourth-order valence-corrected chi connectivity index (χ4v) is 3.50. The van der Waals surface area contributed by atoms with Crippen molar-refractivity contribution in [1.82, 2.24) is 24.1 Å². The van der Waals surface area contributed by atoms with Crippen LogP contribution >= 0.6 is 23.6 Å². The Hall–Kier alpha value is -1.51. The Morgan fingerprint density at radius 1 is 1.36 bits per heavy atom. The van der Waals surface area contributed by atoms with Gasteiger partial charge in [-0.3, -0.25) is 9.69 Å². The maximum Gasteiger partial charge on any atom is 0.264 e. The van der Waals surface area contributed by atoms with Gasteiger partial charge >= 0.3 is 0 Å². The lowest BCUT2D eigenvalue weighted by Crippen LogP contribution is -2.48. The molecule has 2 aromatic rings. The van der Waals surface area contributed by atoms with Gasteiger partial charge in [-0.25, -0.2) is 4.68 Å². The molecule has 0 bridgehead atoms. The maximum absolute atomic E-state index is 12.3. The van der Waals surface area contributed by atoms with E-state index in [-0.39, 0.29) is 5.91 Å². The molecule has 118 valence electrons. The molecular formula is C14H19N5OS2. The molecule has 0 spiro atoms. The first kappa shape index (κ1) is 15.4. The minimum atomic E-state index is 0.140. The van der Waals surface area contributed by atoms with E-state index in [1.807, 2.05) is 31.7 Å². The summed E-state index contributed by atoms with van der Waals surface area (Å²) in [6.07, 6.45) is 1.78. The lowest BCUT2D eigenvalue weighted by molar-refractivity contribution is 0.0589. The first-order valence-corrected chi connectivity index (χ1v) is 8.65. The maximum atomic E-state index is 12.3. The zero-order valence-corrected chi connectivity index (χ0v) is 14.1. The van der Waals surface area contributed by atoms with E-state index in [9.17, 15) is 4.79 Å². The van der Waals surface area contributed by atoms with Crippen molar-refractivity contribution >= 4 is 29.5 Å². The van der Waals surface area contributed by atoms with Crippen LogP contribution in [0.5, 0.6) is 0 Å². The molecule has 0 N–H and O–H groups in total. The number of thiophene rings is 1. The van der Waals surface area contributed by atoms with E-state index in [1.54, 1.807) is 6.33 Å². The van der Waals surface area contributed by atoms with Crippen molar-refractivity contribution < 1.29 is 4.79 Å². The molecule has 0 unspecified atom stereocenters. The average Bonchev–Trinajstić information content (AvgIpc) is 3.18. The normalized spacial score (nSPS) is 16.1. The molecule has 6 nitrogen and oxygen atoms in total. The van der Waals surface area contributed by atoms with Crippen molar-refractivity contribution in [1.29, 1.82) is 0 Å². The number of piperazine rings is 1. The van der Waals surface area contributed by atoms with Crippen molar-refractivity contribution in [3.05, 3.63) is 33.5 Å². The van der Waals surface area contributed by atoms with Crippen LogP contribution in [0.25, 0.3) is 0 Å². The second-order valence-corrected chi connectivity index (χ2v) is 6.54. The highest BCUT2D eigenvalue weighted by Crippen LogP contribution is 2.14. The van der Waals surface area contributed by atoms with Gasteiger partial charge in [-0.1, -0.05) is 6.07 Å². The van der Waals surface area contributed by atoms with E-state index in [1.165, 1.54) is 11.3 Å². The molecule has 0 aliphatic carbocycles. The topological polar surface area (TPSA) is 46.3 Å². The predicted molar refractivity (Wildman–Crippen MR) is 88.5 cm³/mol. The summed E-state index contributed by atoms with van der Waals surface area (Å²) >= 11 is 6.89. The standard InChI is InChI=1S/C14H19N5OS2/c1-2-17-10-15-19(14(17)21)11-16-5-7-18(8-6-16)13(20)12-4-3-9-22-12/h3-4,9-10H,2,5-8,11H2,1H3. The van der Waals surface area contributed by atoms with Crippen molar-refractivity contribution in [2.24, 2.45) is 0 Å². The van der Waals surface area contributed by atoms with Crippen LogP contribution in [0.2, 0.25) is 0 Å². The zero-order chi connectivity index (χ0) is 15.5. The van der Waals surface area contributed by atoms with Gasteiger partial charge in [-0.05, 0) is 30.6 Å². The smallest absolute Gasteiger partial charge is 0.264 e. The number of carbonyl (C=O) groups excluding carboxylic acids is 1. The Labute approximate surface area is 138 Å². The van der Waals surface area contributed by atoms with Crippen molar-refractivity contribution in [3.63, 3.8) is 0 Å². The molecular weight excluding hydrogens is 318 g/mol. The summed E-state index contributed by atoms with van der Waals surface area (Å²) in [7, 11) is 0. The van der Waals surface area contributed by atoms with Gasteiger partial charge in [0, 0.05) is 32.7 Å². The van der Waals surface area contributed by atoms with Crippen LogP contribution in [-0.4, -0.2) is 56.2 Å². The Morgan fingerprint density at radius 3 is 2.73 bits per heavy atom. The monoisotopic (exact) mass is 337 g/mol. The third-order valence-electron chi connectivity index (χ3n) is 3.86. The zero-order valence-electron chi connectivity index (χ0n) is 12.5. The Bertz CT molecular complexity index is 682. The van der Waals surface area contributed by atoms with Crippen LogP contribution in [0.4, 0.5) is 0 Å². The molecule has 3 heterocycles. The van der Waals surface area contributed by atoms with Gasteiger partial charge < -0.3 is 9.47 Å². The number of aromatic nitrogens is 3. The summed E-state index contributed by atoms with van der Waals surface area (Å²) in [5, 5.41) is 6.27. The molecule has 1 amide bonds. The van der Waals surface area contributed by atoms with E-state index in [4.69, 9.17) is 12.2 Å². The van der Waals surface area contributed by atoms with Crippen molar-refractivity contribution in [3.8, 4) is 0 Å². The van der Waals surface area contributed by atoms with Gasteiger partial charge in [0.1, 0.15) is 6.33 Å². The van der Waals surface area contributed by atoms with Crippen LogP contribution in [0.3, 0.4) is 0 Å². The van der Waals surface area contributed by atoms with Crippen LogP contribution in [0.1, 0.15) is 16.6 Å². The molecule has 0 radical (unpaired) electrons. The highest BCUT2D eigenvalue weighted by molar-refractivity contribution is 7.71. The second kappa shape index (κ2) is 6.72. The minimum absolute atomic E-state index is 0.140. The number of carbonyl (C=O) groups is 1. The molecule has 8 heteroatoms. The lowest BCUT2D eigenvalue weighted by atomic mass is 10.3. The fraction of sp³-hybridized carbons (Fsp3) is 0.500. The van der Waals surface area contributed by atoms with Gasteiger partial charge in [-0.15, -0.1) is 11.3 Å². The number of rotatable bonds is 4. The Balaban J connectivity index is 1.56. The summed E-state index contributed by atoms with van der Waals surface area (Å²) in [5.41, 5.74) is 0. The highest BCUT2D eigenvalue weighted by atomic mass is 32.1. The van der Waals surface area contributed by atoms with Gasteiger partial charge in [-0.2, -0.15) is 5.10 Å². The Kier molecular flexibility index (Phi) is 4.70. The largest absolute Gasteiger partial charge is 0.335 e. The van der Waals surface area contributed by atoms with Crippen molar-refractivity contribution in [2.45, 2.75) is 20.1 Å². The fourth-order valence-electron chi connectivity index (χ4n) is 2.52. The molecule has 2 aromatic heterocycles. The van der Waals surface area contributed by atoms with E-state index in [0.717, 1.165) is 42.4 Å². The summed E-state index contributed by atoms with van der Waals surface area (Å²) in [4.78, 5) is 17.3. The van der Waals surface area contributed by atoms with E-state index in [0.29, 0.717) is 6.67 Å². The second-order valence-electron chi connectivity index (χ2n) is 5.23. The van der Waals surface area contributed by atoms with Crippen LogP contribution < -0.4 is 0 Å². The first-order valence-electron chi connectivity index (χ1n) is 7.36. The van der Waals surface area contributed by atoms with E-state index in [2.05, 4.69) is 16.9 Å². The molecule has 1 saturated heterocycles. The molecule has 22 heavy (non-hydrogen) atoms. The molecule has 3 rings (SSSR count). The van der Waals surface area contributed by atoms with Gasteiger partial charge in [0.25, 0.3) is 5.91 Å². The van der Waals surface area contributed by atoms with Gasteiger partial charge in [0.2, 0.25) is 0 Å². The molecule has 0 atom stereocenters. The molecule has 0 saturated carbocycles.